The molecule has 2 aliphatic heterocycles. The molecule has 0 atom stereocenters. The van der Waals surface area contributed by atoms with Gasteiger partial charge in [-0.25, -0.2) is 0 Å². The predicted molar refractivity (Wildman–Crippen MR) is 285 cm³/mol. The van der Waals surface area contributed by atoms with Crippen LogP contribution in [0.2, 0.25) is 0 Å². The Balaban J connectivity index is 1.26. The molecular weight excluding hydrogens is 812 g/mol. The highest BCUT2D eigenvalue weighted by molar-refractivity contribution is 7.34. The van der Waals surface area contributed by atoms with Crippen LogP contribution < -0.4 is 25.5 Å². The largest absolute Gasteiger partial charge is 0.310 e. The number of fused-ring (bicyclic) bond motifs is 11. The predicted octanol–water partition coefficient (Wildman–Crippen LogP) is 15.9. The molecule has 2 nitrogen and oxygen atoms in total. The number of anilines is 6. The van der Waals surface area contributed by atoms with Crippen LogP contribution in [-0.2, 0) is 27.1 Å². The van der Waals surface area contributed by atoms with Crippen LogP contribution in [-0.4, -0.2) is 6.71 Å². The maximum atomic E-state index is 2.66. The van der Waals surface area contributed by atoms with Crippen LogP contribution in [0.1, 0.15) is 136 Å². The fraction of sp³-hybridized carbons (Fsp3) is 0.356. The molecule has 0 bridgehead atoms. The molecule has 11 rings (SSSR count). The molecule has 5 heteroatoms. The Hall–Kier alpha value is -4.84. The van der Waals surface area contributed by atoms with Crippen LogP contribution in [0.25, 0.3) is 30.3 Å². The normalized spacial score (nSPS) is 16.6. The smallest absolute Gasteiger partial charge is 0.264 e. The van der Waals surface area contributed by atoms with Gasteiger partial charge in [0.1, 0.15) is 0 Å². The van der Waals surface area contributed by atoms with Gasteiger partial charge in [-0.05, 0) is 152 Å². The van der Waals surface area contributed by atoms with E-state index >= 15 is 0 Å². The number of thiophene rings is 2. The molecule has 8 aromatic rings. The summed E-state index contributed by atoms with van der Waals surface area (Å²) in [6.45, 7) is 33.1. The molecule has 0 radical (unpaired) electrons. The molecule has 0 N–H and O–H groups in total. The molecule has 6 aromatic carbocycles. The topological polar surface area (TPSA) is 6.48 Å². The standard InChI is InChI=1S/C59H63BN2S2/c1-34-29-46-50-47(30-34)62(39-22-17-36(18-23-39)56(5,6)7)52-45(25-24-40-41-31-37(57(8,9)10)19-26-48(41)63-53(40)52)60(50)54-51(61(46)38-20-15-35(16-21-38)55(2,3)4)42-32-43-44(33-49(42)64-54)59(13,14)28-27-58(43,11)12/h15-26,29-33H,27-28H2,1-14H3. The third-order valence-corrected chi connectivity index (χ3v) is 17.6. The van der Waals surface area contributed by atoms with Gasteiger partial charge in [0.25, 0.3) is 6.71 Å². The molecule has 0 spiro atoms. The van der Waals surface area contributed by atoms with Crippen molar-refractivity contribution in [3.63, 3.8) is 0 Å². The summed E-state index contributed by atoms with van der Waals surface area (Å²) in [5, 5.41) is 4.10. The van der Waals surface area contributed by atoms with Crippen molar-refractivity contribution in [3.8, 4) is 0 Å². The number of benzene rings is 6. The summed E-state index contributed by atoms with van der Waals surface area (Å²) in [7, 11) is 0. The minimum Gasteiger partial charge on any atom is -0.310 e. The van der Waals surface area contributed by atoms with Gasteiger partial charge >= 0.3 is 0 Å². The molecule has 1 aliphatic carbocycles. The fourth-order valence-corrected chi connectivity index (χ4v) is 13.8. The van der Waals surface area contributed by atoms with Gasteiger partial charge in [0.15, 0.2) is 0 Å². The van der Waals surface area contributed by atoms with Crippen LogP contribution in [0.5, 0.6) is 0 Å². The Morgan fingerprint density at radius 3 is 1.56 bits per heavy atom. The van der Waals surface area contributed by atoms with Gasteiger partial charge in [-0.15, -0.1) is 22.7 Å². The van der Waals surface area contributed by atoms with Crippen LogP contribution in [0.4, 0.5) is 34.1 Å². The maximum absolute atomic E-state index is 2.66. The van der Waals surface area contributed by atoms with Crippen LogP contribution >= 0.6 is 22.7 Å². The lowest BCUT2D eigenvalue weighted by atomic mass is 9.36. The number of nitrogens with zero attached hydrogens (tertiary/aromatic N) is 2. The number of rotatable bonds is 2. The first-order chi connectivity index (χ1) is 30.0. The Bertz CT molecular complexity index is 3230. The van der Waals surface area contributed by atoms with Gasteiger partial charge in [0.05, 0.1) is 16.1 Å². The zero-order chi connectivity index (χ0) is 45.2. The van der Waals surface area contributed by atoms with Gasteiger partial charge in [-0.3, -0.25) is 0 Å². The summed E-state index contributed by atoms with van der Waals surface area (Å²) in [5.41, 5.74) is 19.3. The van der Waals surface area contributed by atoms with Crippen molar-refractivity contribution in [2.75, 3.05) is 9.80 Å². The molecule has 0 saturated carbocycles. The van der Waals surface area contributed by atoms with Crippen molar-refractivity contribution in [2.45, 2.75) is 137 Å². The zero-order valence-corrected chi connectivity index (χ0v) is 42.2. The van der Waals surface area contributed by atoms with Crippen molar-refractivity contribution in [1.29, 1.82) is 0 Å². The van der Waals surface area contributed by atoms with Gasteiger partial charge in [0, 0.05) is 53.1 Å². The average Bonchev–Trinajstić information content (AvgIpc) is 3.79. The van der Waals surface area contributed by atoms with E-state index in [0.717, 1.165) is 0 Å². The first-order valence-corrected chi connectivity index (χ1v) is 25.2. The number of aryl methyl sites for hydroxylation is 1. The SMILES string of the molecule is Cc1cc2c3c(c1)N(c1ccc(C(C)(C)C)cc1)c1c(ccc4c1sc1ccc(C(C)(C)C)cc14)B3c1sc3cc4c(cc3c1N2c1ccc(C(C)(C)C)cc1)C(C)(C)CCC4(C)C. The third-order valence-electron chi connectivity index (χ3n) is 15.2. The fourth-order valence-electron chi connectivity index (χ4n) is 11.2. The Morgan fingerprint density at radius 2 is 1.02 bits per heavy atom. The monoisotopic (exact) mass is 874 g/mol. The lowest BCUT2D eigenvalue weighted by molar-refractivity contribution is 0.332. The Kier molecular flexibility index (Phi) is 8.90. The second kappa shape index (κ2) is 13.6. The van der Waals surface area contributed by atoms with E-state index in [1.807, 2.05) is 22.7 Å². The van der Waals surface area contributed by atoms with Crippen molar-refractivity contribution in [3.05, 3.63) is 137 Å². The molecule has 0 fully saturated rings. The highest BCUT2D eigenvalue weighted by Crippen LogP contribution is 2.54. The second-order valence-electron chi connectivity index (χ2n) is 23.8. The van der Waals surface area contributed by atoms with Crippen molar-refractivity contribution >= 4 is 109 Å². The van der Waals surface area contributed by atoms with Gasteiger partial charge in [-0.1, -0.05) is 132 Å². The minimum absolute atomic E-state index is 0.0553. The van der Waals surface area contributed by atoms with E-state index < -0.39 is 0 Å². The highest BCUT2D eigenvalue weighted by atomic mass is 32.1. The molecule has 4 heterocycles. The first-order valence-electron chi connectivity index (χ1n) is 23.6. The van der Waals surface area contributed by atoms with Gasteiger partial charge in [0.2, 0.25) is 0 Å². The second-order valence-corrected chi connectivity index (χ2v) is 26.0. The quantitative estimate of drug-likeness (QED) is 0.160. The Labute approximate surface area is 390 Å². The van der Waals surface area contributed by atoms with Gasteiger partial charge < -0.3 is 9.80 Å². The minimum atomic E-state index is 0.0553. The summed E-state index contributed by atoms with van der Waals surface area (Å²) in [6.07, 6.45) is 2.40. The van der Waals surface area contributed by atoms with E-state index in [0.29, 0.717) is 0 Å². The average molecular weight is 875 g/mol. The van der Waals surface area contributed by atoms with Gasteiger partial charge in [-0.2, -0.15) is 0 Å². The summed E-state index contributed by atoms with van der Waals surface area (Å²) < 4.78 is 5.57. The number of hydrogen-bond acceptors (Lipinski definition) is 4. The van der Waals surface area contributed by atoms with E-state index in [1.54, 1.807) is 0 Å². The molecule has 0 saturated heterocycles. The molecule has 2 aromatic heterocycles. The lowest BCUT2D eigenvalue weighted by Gasteiger charge is -2.44. The van der Waals surface area contributed by atoms with Crippen LogP contribution in [0.3, 0.4) is 0 Å². The Morgan fingerprint density at radius 1 is 0.500 bits per heavy atom. The van der Waals surface area contributed by atoms with E-state index in [9.17, 15) is 0 Å². The molecule has 64 heavy (non-hydrogen) atoms. The summed E-state index contributed by atoms with van der Waals surface area (Å²) in [4.78, 5) is 5.31. The molecule has 0 unspecified atom stereocenters. The van der Waals surface area contributed by atoms with E-state index in [1.165, 1.54) is 126 Å². The lowest BCUT2D eigenvalue weighted by Crippen LogP contribution is -2.60. The van der Waals surface area contributed by atoms with Crippen LogP contribution in [0.15, 0.2) is 103 Å². The summed E-state index contributed by atoms with van der Waals surface area (Å²) in [5.74, 6) is 0. The van der Waals surface area contributed by atoms with E-state index in [4.69, 9.17) is 0 Å². The molecular formula is C59H63BN2S2. The van der Waals surface area contributed by atoms with Crippen molar-refractivity contribution in [1.82, 2.24) is 0 Å². The summed E-state index contributed by atoms with van der Waals surface area (Å²) in [6, 6.07) is 41.4. The highest BCUT2D eigenvalue weighted by Gasteiger charge is 2.47. The maximum Gasteiger partial charge on any atom is 0.264 e. The third kappa shape index (κ3) is 6.23. The first kappa shape index (κ1) is 41.8. The summed E-state index contributed by atoms with van der Waals surface area (Å²) >= 11 is 4.02. The van der Waals surface area contributed by atoms with Crippen LogP contribution in [0, 0.1) is 6.92 Å². The van der Waals surface area contributed by atoms with Crippen molar-refractivity contribution < 1.29 is 0 Å². The molecule has 0 amide bonds. The number of hydrogen-bond donors (Lipinski definition) is 0. The van der Waals surface area contributed by atoms with E-state index in [2.05, 4.69) is 210 Å². The molecule has 3 aliphatic rings. The van der Waals surface area contributed by atoms with Crippen molar-refractivity contribution in [2.24, 2.45) is 0 Å². The molecule has 324 valence electrons. The van der Waals surface area contributed by atoms with E-state index in [-0.39, 0.29) is 33.8 Å². The zero-order valence-electron chi connectivity index (χ0n) is 40.5.